The number of rotatable bonds is 8. The van der Waals surface area contributed by atoms with E-state index >= 15 is 0 Å². The monoisotopic (exact) mass is 469 g/mol. The van der Waals surface area contributed by atoms with Crippen LogP contribution in [0.5, 0.6) is 5.75 Å². The molecule has 1 atom stereocenters. The van der Waals surface area contributed by atoms with E-state index in [9.17, 15) is 19.5 Å². The van der Waals surface area contributed by atoms with Crippen LogP contribution in [-0.4, -0.2) is 46.1 Å². The van der Waals surface area contributed by atoms with Gasteiger partial charge in [0.05, 0.1) is 0 Å². The molecule has 8 heteroatoms. The van der Waals surface area contributed by atoms with Crippen LogP contribution in [0.2, 0.25) is 0 Å². The van der Waals surface area contributed by atoms with E-state index < -0.39 is 23.6 Å². The highest BCUT2D eigenvalue weighted by molar-refractivity contribution is 5.90. The molecular weight excluding hydrogens is 434 g/mol. The van der Waals surface area contributed by atoms with Gasteiger partial charge in [0.15, 0.2) is 0 Å². The molecule has 0 aliphatic rings. The van der Waals surface area contributed by atoms with Crippen molar-refractivity contribution in [2.45, 2.75) is 65.8 Å². The third-order valence-corrected chi connectivity index (χ3v) is 5.00. The Hall–Kier alpha value is -3.55. The van der Waals surface area contributed by atoms with Crippen molar-refractivity contribution in [1.82, 2.24) is 15.5 Å². The zero-order valence-electron chi connectivity index (χ0n) is 20.7. The lowest BCUT2D eigenvalue weighted by Gasteiger charge is -2.35. The van der Waals surface area contributed by atoms with E-state index in [0.29, 0.717) is 17.7 Å². The van der Waals surface area contributed by atoms with Crippen LogP contribution in [0.15, 0.2) is 48.5 Å². The van der Waals surface area contributed by atoms with Crippen molar-refractivity contribution in [3.05, 3.63) is 65.2 Å². The van der Waals surface area contributed by atoms with Gasteiger partial charge in [-0.25, -0.2) is 4.79 Å². The molecule has 3 N–H and O–H groups in total. The van der Waals surface area contributed by atoms with Gasteiger partial charge < -0.3 is 25.4 Å². The van der Waals surface area contributed by atoms with Gasteiger partial charge in [0.2, 0.25) is 11.8 Å². The summed E-state index contributed by atoms with van der Waals surface area (Å²) >= 11 is 0. The molecule has 0 aliphatic heterocycles. The molecule has 184 valence electrons. The molecule has 0 bridgehead atoms. The Morgan fingerprint density at radius 3 is 2.24 bits per heavy atom. The van der Waals surface area contributed by atoms with Gasteiger partial charge in [-0.3, -0.25) is 9.59 Å². The number of carbonyl (C=O) groups is 3. The van der Waals surface area contributed by atoms with Gasteiger partial charge in [0.1, 0.15) is 23.9 Å². The van der Waals surface area contributed by atoms with Crippen molar-refractivity contribution in [2.24, 2.45) is 0 Å². The first-order valence-corrected chi connectivity index (χ1v) is 11.3. The van der Waals surface area contributed by atoms with E-state index in [0.717, 1.165) is 5.56 Å². The number of hydrogen-bond donors (Lipinski definition) is 3. The lowest BCUT2D eigenvalue weighted by atomic mass is 9.99. The minimum absolute atomic E-state index is 0.0983. The SMILES string of the molecule is Cc1cc(C(C(=O)NCc2ccccc2)N(C(=O)CNC(=O)OC(C)(C)C)C(C)C)ccc1O. The number of aromatic hydroxyl groups is 1. The second-order valence-corrected chi connectivity index (χ2v) is 9.40. The van der Waals surface area contributed by atoms with E-state index in [-0.39, 0.29) is 24.2 Å². The summed E-state index contributed by atoms with van der Waals surface area (Å²) in [6.45, 7) is 10.5. The molecular formula is C26H35N3O5. The first kappa shape index (κ1) is 26.7. The van der Waals surface area contributed by atoms with Crippen molar-refractivity contribution < 1.29 is 24.2 Å². The number of alkyl carbamates (subject to hydrolysis) is 1. The fourth-order valence-electron chi connectivity index (χ4n) is 3.45. The van der Waals surface area contributed by atoms with Gasteiger partial charge in [0.25, 0.3) is 0 Å². The third-order valence-electron chi connectivity index (χ3n) is 5.00. The molecule has 0 spiro atoms. The lowest BCUT2D eigenvalue weighted by Crippen LogP contribution is -2.50. The Bertz CT molecular complexity index is 999. The molecule has 0 saturated carbocycles. The lowest BCUT2D eigenvalue weighted by molar-refractivity contribution is -0.142. The summed E-state index contributed by atoms with van der Waals surface area (Å²) in [7, 11) is 0. The fraction of sp³-hybridized carbons (Fsp3) is 0.423. The molecule has 0 fully saturated rings. The van der Waals surface area contributed by atoms with E-state index in [2.05, 4.69) is 10.6 Å². The van der Waals surface area contributed by atoms with E-state index in [1.165, 1.54) is 11.0 Å². The molecule has 0 aromatic heterocycles. The summed E-state index contributed by atoms with van der Waals surface area (Å²) < 4.78 is 5.21. The van der Waals surface area contributed by atoms with Crippen LogP contribution in [0, 0.1) is 6.92 Å². The van der Waals surface area contributed by atoms with Crippen molar-refractivity contribution >= 4 is 17.9 Å². The summed E-state index contributed by atoms with van der Waals surface area (Å²) in [5.74, 6) is -0.707. The number of phenolic OH excluding ortho intramolecular Hbond substituents is 1. The smallest absolute Gasteiger partial charge is 0.408 e. The first-order chi connectivity index (χ1) is 15.9. The van der Waals surface area contributed by atoms with Gasteiger partial charge in [-0.05, 0) is 70.4 Å². The summed E-state index contributed by atoms with van der Waals surface area (Å²) in [4.78, 5) is 40.1. The molecule has 2 aromatic carbocycles. The van der Waals surface area contributed by atoms with Crippen LogP contribution < -0.4 is 10.6 Å². The van der Waals surface area contributed by atoms with Gasteiger partial charge in [-0.1, -0.05) is 36.4 Å². The minimum Gasteiger partial charge on any atom is -0.508 e. The van der Waals surface area contributed by atoms with Crippen LogP contribution in [-0.2, 0) is 20.9 Å². The number of benzene rings is 2. The van der Waals surface area contributed by atoms with Crippen LogP contribution >= 0.6 is 0 Å². The molecule has 0 aliphatic carbocycles. The average molecular weight is 470 g/mol. The van der Waals surface area contributed by atoms with Gasteiger partial charge in [-0.15, -0.1) is 0 Å². The third kappa shape index (κ3) is 7.79. The highest BCUT2D eigenvalue weighted by atomic mass is 16.6. The minimum atomic E-state index is -0.962. The quantitative estimate of drug-likeness (QED) is 0.545. The summed E-state index contributed by atoms with van der Waals surface area (Å²) in [5, 5.41) is 15.4. The second-order valence-electron chi connectivity index (χ2n) is 9.40. The van der Waals surface area contributed by atoms with Gasteiger partial charge in [0, 0.05) is 12.6 Å². The number of carbonyl (C=O) groups excluding carboxylic acids is 3. The molecule has 0 heterocycles. The van der Waals surface area contributed by atoms with Crippen LogP contribution in [0.3, 0.4) is 0 Å². The predicted molar refractivity (Wildman–Crippen MR) is 130 cm³/mol. The Kier molecular flexibility index (Phi) is 9.06. The maximum Gasteiger partial charge on any atom is 0.408 e. The van der Waals surface area contributed by atoms with Gasteiger partial charge >= 0.3 is 6.09 Å². The Morgan fingerprint density at radius 1 is 1.03 bits per heavy atom. The largest absolute Gasteiger partial charge is 0.508 e. The summed E-state index contributed by atoms with van der Waals surface area (Å²) in [5.41, 5.74) is 1.36. The Labute approximate surface area is 201 Å². The maximum absolute atomic E-state index is 13.4. The van der Waals surface area contributed by atoms with Crippen molar-refractivity contribution in [3.8, 4) is 5.75 Å². The number of aryl methyl sites for hydroxylation is 1. The van der Waals surface area contributed by atoms with E-state index in [1.54, 1.807) is 53.7 Å². The predicted octanol–water partition coefficient (Wildman–Crippen LogP) is 3.82. The number of nitrogens with one attached hydrogen (secondary N) is 2. The van der Waals surface area contributed by atoms with Crippen LogP contribution in [0.25, 0.3) is 0 Å². The molecule has 8 nitrogen and oxygen atoms in total. The molecule has 34 heavy (non-hydrogen) atoms. The molecule has 1 unspecified atom stereocenters. The maximum atomic E-state index is 13.4. The topological polar surface area (TPSA) is 108 Å². The summed E-state index contributed by atoms with van der Waals surface area (Å²) in [6.07, 6.45) is -0.713. The summed E-state index contributed by atoms with van der Waals surface area (Å²) in [6, 6.07) is 13.0. The highest BCUT2D eigenvalue weighted by Crippen LogP contribution is 2.28. The number of amides is 3. The number of nitrogens with zero attached hydrogens (tertiary/aromatic N) is 1. The van der Waals surface area contributed by atoms with Crippen molar-refractivity contribution in [1.29, 1.82) is 0 Å². The Morgan fingerprint density at radius 2 is 1.68 bits per heavy atom. The normalized spacial score (nSPS) is 12.1. The first-order valence-electron chi connectivity index (χ1n) is 11.3. The second kappa shape index (κ2) is 11.5. The van der Waals surface area contributed by atoms with E-state index in [4.69, 9.17) is 4.74 Å². The van der Waals surface area contributed by atoms with Crippen LogP contribution in [0.1, 0.15) is 57.4 Å². The standard InChI is InChI=1S/C26H35N3O5/c1-17(2)29(22(31)16-28-25(33)34-26(4,5)6)23(20-12-13-21(30)18(3)14-20)24(32)27-15-19-10-8-7-9-11-19/h7-14,17,23,30H,15-16H2,1-6H3,(H,27,32)(H,28,33). The molecule has 2 rings (SSSR count). The Balaban J connectivity index is 2.30. The molecule has 0 radical (unpaired) electrons. The van der Waals surface area contributed by atoms with Crippen molar-refractivity contribution in [3.63, 3.8) is 0 Å². The molecule has 2 aromatic rings. The number of phenols is 1. The number of hydrogen-bond acceptors (Lipinski definition) is 5. The molecule has 0 saturated heterocycles. The van der Waals surface area contributed by atoms with Gasteiger partial charge in [-0.2, -0.15) is 0 Å². The zero-order chi connectivity index (χ0) is 25.5. The fourth-order valence-corrected chi connectivity index (χ4v) is 3.45. The number of ether oxygens (including phenoxy) is 1. The van der Waals surface area contributed by atoms with Crippen LogP contribution in [0.4, 0.5) is 4.79 Å². The van der Waals surface area contributed by atoms with E-state index in [1.807, 2.05) is 30.3 Å². The highest BCUT2D eigenvalue weighted by Gasteiger charge is 2.33. The molecule has 3 amide bonds. The average Bonchev–Trinajstić information content (AvgIpc) is 2.75. The van der Waals surface area contributed by atoms with Crippen molar-refractivity contribution in [2.75, 3.05) is 6.54 Å². The zero-order valence-corrected chi connectivity index (χ0v) is 20.7.